The lowest BCUT2D eigenvalue weighted by Gasteiger charge is -2.28. The van der Waals surface area contributed by atoms with Crippen LogP contribution in [0.15, 0.2) is 37.0 Å². The molecule has 24 heavy (non-hydrogen) atoms. The van der Waals surface area contributed by atoms with E-state index >= 15 is 0 Å². The summed E-state index contributed by atoms with van der Waals surface area (Å²) in [7, 11) is 0. The predicted molar refractivity (Wildman–Crippen MR) is 102 cm³/mol. The normalized spacial score (nSPS) is 20.5. The summed E-state index contributed by atoms with van der Waals surface area (Å²) >= 11 is 0. The summed E-state index contributed by atoms with van der Waals surface area (Å²) in [4.78, 5) is 2.47. The number of likely N-dealkylation sites (tertiary alicyclic amines) is 1. The van der Waals surface area contributed by atoms with E-state index in [1.165, 1.54) is 32.4 Å². The van der Waals surface area contributed by atoms with E-state index in [1.807, 2.05) is 25.2 Å². The van der Waals surface area contributed by atoms with Crippen molar-refractivity contribution >= 4 is 0 Å². The minimum Gasteiger partial charge on any atom is -0.392 e. The summed E-state index contributed by atoms with van der Waals surface area (Å²) in [5.74, 6) is 0. The molecule has 1 aliphatic rings. The Morgan fingerprint density at radius 1 is 1.21 bits per heavy atom. The fraction of sp³-hybridized carbons (Fsp3) is 0.700. The van der Waals surface area contributed by atoms with Crippen LogP contribution in [0.5, 0.6) is 0 Å². The molecule has 1 saturated heterocycles. The smallest absolute Gasteiger partial charge is 0.0940 e. The molecule has 3 N–H and O–H groups in total. The van der Waals surface area contributed by atoms with E-state index in [1.54, 1.807) is 6.08 Å². The van der Waals surface area contributed by atoms with Crippen molar-refractivity contribution in [1.29, 1.82) is 0 Å². The molecule has 1 fully saturated rings. The highest BCUT2D eigenvalue weighted by Crippen LogP contribution is 2.11. The first-order valence-electron chi connectivity index (χ1n) is 9.40. The van der Waals surface area contributed by atoms with Crippen LogP contribution in [-0.4, -0.2) is 54.5 Å². The highest BCUT2D eigenvalue weighted by Gasteiger charge is 2.16. The van der Waals surface area contributed by atoms with E-state index in [0.29, 0.717) is 13.0 Å². The molecular formula is C20H36N2O2. The van der Waals surface area contributed by atoms with Crippen molar-refractivity contribution < 1.29 is 9.84 Å². The molecule has 0 saturated carbocycles. The summed E-state index contributed by atoms with van der Waals surface area (Å²) in [5.41, 5.74) is 6.14. The van der Waals surface area contributed by atoms with E-state index in [-0.39, 0.29) is 12.1 Å². The lowest BCUT2D eigenvalue weighted by Crippen LogP contribution is -2.39. The van der Waals surface area contributed by atoms with Crippen LogP contribution in [0, 0.1) is 0 Å². The number of aliphatic hydroxyl groups is 1. The van der Waals surface area contributed by atoms with Crippen LogP contribution < -0.4 is 5.73 Å². The van der Waals surface area contributed by atoms with Gasteiger partial charge in [0.1, 0.15) is 0 Å². The summed E-state index contributed by atoms with van der Waals surface area (Å²) < 4.78 is 5.59. The Morgan fingerprint density at radius 2 is 1.96 bits per heavy atom. The second-order valence-electron chi connectivity index (χ2n) is 6.47. The molecule has 3 unspecified atom stereocenters. The number of hydrogen-bond acceptors (Lipinski definition) is 4. The van der Waals surface area contributed by atoms with Crippen molar-refractivity contribution in [3.63, 3.8) is 0 Å². The molecule has 0 radical (unpaired) electrons. The number of hydrogen-bond donors (Lipinski definition) is 2. The Labute approximate surface area is 148 Å². The average molecular weight is 337 g/mol. The van der Waals surface area contributed by atoms with Gasteiger partial charge in [0.2, 0.25) is 0 Å². The fourth-order valence-electron chi connectivity index (χ4n) is 2.97. The number of nitrogens with zero attached hydrogens (tertiary/aromatic N) is 1. The number of rotatable bonds is 12. The summed E-state index contributed by atoms with van der Waals surface area (Å²) in [6.45, 7) is 9.69. The van der Waals surface area contributed by atoms with Crippen molar-refractivity contribution in [2.45, 2.75) is 63.7 Å². The van der Waals surface area contributed by atoms with Crippen molar-refractivity contribution in [1.82, 2.24) is 4.90 Å². The van der Waals surface area contributed by atoms with Gasteiger partial charge in [0.25, 0.3) is 0 Å². The van der Waals surface area contributed by atoms with Gasteiger partial charge < -0.3 is 20.5 Å². The standard InChI is InChI=1S/C20H36N2O2/c1-3-5-11-18(24-4-2)12-7-8-13-20(23)19(21)14-17-22-15-9-6-10-16-22/h3,5,7,11-12,18-20,23H,1,4,6,8-10,13-17,21H2,2H3/b11-5?,12-7-. The third-order valence-electron chi connectivity index (χ3n) is 4.47. The van der Waals surface area contributed by atoms with Gasteiger partial charge in [-0.3, -0.25) is 0 Å². The van der Waals surface area contributed by atoms with Crippen LogP contribution in [-0.2, 0) is 4.74 Å². The van der Waals surface area contributed by atoms with Crippen LogP contribution in [0.2, 0.25) is 0 Å². The van der Waals surface area contributed by atoms with Gasteiger partial charge in [-0.15, -0.1) is 0 Å². The van der Waals surface area contributed by atoms with Gasteiger partial charge in [-0.25, -0.2) is 0 Å². The third-order valence-corrected chi connectivity index (χ3v) is 4.47. The first-order chi connectivity index (χ1) is 11.7. The quantitative estimate of drug-likeness (QED) is 0.425. The van der Waals surface area contributed by atoms with E-state index in [4.69, 9.17) is 10.5 Å². The molecule has 4 heteroatoms. The lowest BCUT2D eigenvalue weighted by molar-refractivity contribution is 0.120. The highest BCUT2D eigenvalue weighted by molar-refractivity contribution is 5.08. The number of allylic oxidation sites excluding steroid dienone is 3. The molecule has 1 heterocycles. The van der Waals surface area contributed by atoms with E-state index in [0.717, 1.165) is 19.4 Å². The molecule has 0 aromatic rings. The van der Waals surface area contributed by atoms with Crippen molar-refractivity contribution in [3.8, 4) is 0 Å². The molecule has 0 aromatic carbocycles. The molecule has 3 atom stereocenters. The monoisotopic (exact) mass is 336 g/mol. The van der Waals surface area contributed by atoms with Gasteiger partial charge in [0.05, 0.1) is 12.2 Å². The summed E-state index contributed by atoms with van der Waals surface area (Å²) in [5, 5.41) is 10.2. The number of piperidine rings is 1. The number of nitrogens with two attached hydrogens (primary N) is 1. The van der Waals surface area contributed by atoms with Crippen LogP contribution in [0.4, 0.5) is 0 Å². The van der Waals surface area contributed by atoms with Gasteiger partial charge in [0, 0.05) is 12.6 Å². The maximum absolute atomic E-state index is 10.2. The third kappa shape index (κ3) is 9.38. The molecular weight excluding hydrogens is 300 g/mol. The number of ether oxygens (including phenoxy) is 1. The molecule has 0 bridgehead atoms. The largest absolute Gasteiger partial charge is 0.392 e. The Balaban J connectivity index is 2.22. The van der Waals surface area contributed by atoms with Gasteiger partial charge in [-0.1, -0.05) is 43.4 Å². The molecule has 0 aromatic heterocycles. The van der Waals surface area contributed by atoms with Crippen LogP contribution in [0.1, 0.15) is 45.4 Å². The van der Waals surface area contributed by atoms with E-state index in [9.17, 15) is 5.11 Å². The van der Waals surface area contributed by atoms with E-state index in [2.05, 4.69) is 17.6 Å². The Bertz CT molecular complexity index is 376. The lowest BCUT2D eigenvalue weighted by atomic mass is 10.0. The minimum atomic E-state index is -0.436. The first-order valence-corrected chi connectivity index (χ1v) is 9.40. The maximum Gasteiger partial charge on any atom is 0.0940 e. The highest BCUT2D eigenvalue weighted by atomic mass is 16.5. The Kier molecular flexibility index (Phi) is 11.7. The maximum atomic E-state index is 10.2. The molecule has 0 spiro atoms. The Hall–Kier alpha value is -0.940. The van der Waals surface area contributed by atoms with Gasteiger partial charge in [-0.2, -0.15) is 0 Å². The van der Waals surface area contributed by atoms with Gasteiger partial charge in [-0.05, 0) is 58.7 Å². The van der Waals surface area contributed by atoms with Gasteiger partial charge >= 0.3 is 0 Å². The molecule has 0 aliphatic carbocycles. The topological polar surface area (TPSA) is 58.7 Å². The fourth-order valence-corrected chi connectivity index (χ4v) is 2.97. The van der Waals surface area contributed by atoms with Crippen molar-refractivity contribution in [3.05, 3.63) is 37.0 Å². The second kappa shape index (κ2) is 13.4. The first kappa shape index (κ1) is 21.1. The summed E-state index contributed by atoms with van der Waals surface area (Å²) in [6, 6.07) is -0.135. The van der Waals surface area contributed by atoms with Crippen LogP contribution in [0.25, 0.3) is 0 Å². The summed E-state index contributed by atoms with van der Waals surface area (Å²) in [6.07, 6.45) is 15.5. The molecule has 1 aliphatic heterocycles. The van der Waals surface area contributed by atoms with Crippen molar-refractivity contribution in [2.24, 2.45) is 5.73 Å². The predicted octanol–water partition coefficient (Wildman–Crippen LogP) is 3.03. The van der Waals surface area contributed by atoms with E-state index < -0.39 is 6.10 Å². The average Bonchev–Trinajstić information content (AvgIpc) is 2.61. The zero-order valence-electron chi connectivity index (χ0n) is 15.3. The van der Waals surface area contributed by atoms with Crippen molar-refractivity contribution in [2.75, 3.05) is 26.2 Å². The molecule has 4 nitrogen and oxygen atoms in total. The molecule has 138 valence electrons. The minimum absolute atomic E-state index is 0.0297. The Morgan fingerprint density at radius 3 is 2.62 bits per heavy atom. The van der Waals surface area contributed by atoms with Gasteiger partial charge in [0.15, 0.2) is 0 Å². The second-order valence-corrected chi connectivity index (χ2v) is 6.47. The zero-order valence-corrected chi connectivity index (χ0v) is 15.3. The van der Waals surface area contributed by atoms with Crippen LogP contribution in [0.3, 0.4) is 0 Å². The molecule has 0 amide bonds. The zero-order chi connectivity index (χ0) is 17.6. The SMILES string of the molecule is C=CC=CC(/C=C\CCC(O)C(N)CCN1CCCCC1)OCC. The number of aliphatic hydroxyl groups excluding tert-OH is 1. The molecule has 1 rings (SSSR count). The van der Waals surface area contributed by atoms with Crippen LogP contribution >= 0.6 is 0 Å².